The Labute approximate surface area is 113 Å². The smallest absolute Gasteiger partial charge is 0.422 e. The number of nitrogens with zero attached hydrogens (tertiary/aromatic N) is 1. The second-order valence-electron chi connectivity index (χ2n) is 5.41. The van der Waals surface area contributed by atoms with Gasteiger partial charge >= 0.3 is 6.09 Å². The highest BCUT2D eigenvalue weighted by Gasteiger charge is 2.23. The molecule has 104 valence electrons. The van der Waals surface area contributed by atoms with E-state index in [1.54, 1.807) is 6.92 Å². The number of hydrazine groups is 1. The lowest BCUT2D eigenvalue weighted by Gasteiger charge is -2.31. The molecule has 18 heavy (non-hydrogen) atoms. The number of thioether (sulfide) groups is 1. The zero-order valence-corrected chi connectivity index (χ0v) is 12.3. The van der Waals surface area contributed by atoms with Crippen LogP contribution in [-0.2, 0) is 9.53 Å². The maximum absolute atomic E-state index is 11.6. The summed E-state index contributed by atoms with van der Waals surface area (Å²) in [4.78, 5) is 22.5. The number of piperidine rings is 1. The molecule has 0 aromatic heterocycles. The van der Waals surface area contributed by atoms with Crippen LogP contribution in [0.5, 0.6) is 0 Å². The Bertz CT molecular complexity index is 307. The van der Waals surface area contributed by atoms with Crippen LogP contribution < -0.4 is 5.43 Å². The standard InChI is InChI=1S/C12H22N2O3S/c1-9(15)18-10-5-7-14(8-6-10)13-11(16)17-12(2,3)4/h10H,5-8H2,1-4H3,(H,13,16). The van der Waals surface area contributed by atoms with Crippen molar-refractivity contribution >= 4 is 23.0 Å². The molecule has 0 saturated carbocycles. The normalized spacial score (nSPS) is 18.4. The van der Waals surface area contributed by atoms with Crippen molar-refractivity contribution in [3.63, 3.8) is 0 Å². The highest BCUT2D eigenvalue weighted by molar-refractivity contribution is 8.14. The number of carbonyl (C=O) groups excluding carboxylic acids is 2. The van der Waals surface area contributed by atoms with Gasteiger partial charge in [0.05, 0.1) is 0 Å². The molecule has 0 aromatic carbocycles. The van der Waals surface area contributed by atoms with Gasteiger partial charge in [-0.1, -0.05) is 11.8 Å². The largest absolute Gasteiger partial charge is 0.443 e. The molecule has 1 aliphatic rings. The van der Waals surface area contributed by atoms with Crippen molar-refractivity contribution < 1.29 is 14.3 Å². The molecule has 0 bridgehead atoms. The van der Waals surface area contributed by atoms with E-state index in [0.29, 0.717) is 5.25 Å². The monoisotopic (exact) mass is 274 g/mol. The summed E-state index contributed by atoms with van der Waals surface area (Å²) in [7, 11) is 0. The first kappa shape index (κ1) is 15.3. The van der Waals surface area contributed by atoms with Crippen LogP contribution >= 0.6 is 11.8 Å². The van der Waals surface area contributed by atoms with Gasteiger partial charge in [0.1, 0.15) is 5.60 Å². The predicted molar refractivity (Wildman–Crippen MR) is 72.2 cm³/mol. The molecule has 5 nitrogen and oxygen atoms in total. The average molecular weight is 274 g/mol. The van der Waals surface area contributed by atoms with E-state index in [4.69, 9.17) is 4.74 Å². The van der Waals surface area contributed by atoms with Crippen molar-refractivity contribution in [3.05, 3.63) is 0 Å². The summed E-state index contributed by atoms with van der Waals surface area (Å²) >= 11 is 1.40. The summed E-state index contributed by atoms with van der Waals surface area (Å²) in [6.45, 7) is 8.61. The van der Waals surface area contributed by atoms with Crippen LogP contribution in [0.2, 0.25) is 0 Å². The van der Waals surface area contributed by atoms with E-state index in [0.717, 1.165) is 25.9 Å². The third-order valence-electron chi connectivity index (χ3n) is 2.42. The van der Waals surface area contributed by atoms with Crippen molar-refractivity contribution in [3.8, 4) is 0 Å². The van der Waals surface area contributed by atoms with Gasteiger partial charge in [0.25, 0.3) is 0 Å². The molecule has 1 saturated heterocycles. The second kappa shape index (κ2) is 6.43. The van der Waals surface area contributed by atoms with E-state index >= 15 is 0 Å². The molecule has 1 N–H and O–H groups in total. The Morgan fingerprint density at radius 3 is 2.28 bits per heavy atom. The maximum Gasteiger partial charge on any atom is 0.422 e. The van der Waals surface area contributed by atoms with Crippen molar-refractivity contribution in [2.45, 2.75) is 51.4 Å². The van der Waals surface area contributed by atoms with Crippen LogP contribution in [0, 0.1) is 0 Å². The number of rotatable bonds is 2. The maximum atomic E-state index is 11.6. The minimum Gasteiger partial charge on any atom is -0.443 e. The molecule has 6 heteroatoms. The van der Waals surface area contributed by atoms with Gasteiger partial charge in [-0.05, 0) is 33.6 Å². The summed E-state index contributed by atoms with van der Waals surface area (Å²) in [5.41, 5.74) is 2.25. The number of hydrogen-bond donors (Lipinski definition) is 1. The topological polar surface area (TPSA) is 58.6 Å². The number of ether oxygens (including phenoxy) is 1. The molecular formula is C12H22N2O3S. The number of amides is 1. The van der Waals surface area contributed by atoms with E-state index in [1.165, 1.54) is 11.8 Å². The van der Waals surface area contributed by atoms with Gasteiger partial charge < -0.3 is 4.74 Å². The fraction of sp³-hybridized carbons (Fsp3) is 0.833. The molecule has 0 aromatic rings. The van der Waals surface area contributed by atoms with Gasteiger partial charge in [-0.15, -0.1) is 0 Å². The van der Waals surface area contributed by atoms with E-state index < -0.39 is 11.7 Å². The Balaban J connectivity index is 2.27. The van der Waals surface area contributed by atoms with Gasteiger partial charge in [0.15, 0.2) is 5.12 Å². The zero-order chi connectivity index (χ0) is 13.8. The lowest BCUT2D eigenvalue weighted by molar-refractivity contribution is -0.109. The molecule has 1 aliphatic heterocycles. The molecule has 1 amide bonds. The fourth-order valence-corrected chi connectivity index (χ4v) is 2.67. The first-order valence-corrected chi connectivity index (χ1v) is 7.06. The number of carbonyl (C=O) groups is 2. The molecule has 0 aliphatic carbocycles. The van der Waals surface area contributed by atoms with Crippen molar-refractivity contribution in [2.24, 2.45) is 0 Å². The summed E-state index contributed by atoms with van der Waals surface area (Å²) in [5.74, 6) is 0. The van der Waals surface area contributed by atoms with Crippen molar-refractivity contribution in [2.75, 3.05) is 13.1 Å². The van der Waals surface area contributed by atoms with Crippen molar-refractivity contribution in [1.29, 1.82) is 0 Å². The third kappa shape index (κ3) is 6.26. The van der Waals surface area contributed by atoms with Crippen LogP contribution in [-0.4, -0.2) is 40.2 Å². The molecule has 0 radical (unpaired) electrons. The van der Waals surface area contributed by atoms with Crippen LogP contribution in [0.25, 0.3) is 0 Å². The first-order valence-electron chi connectivity index (χ1n) is 6.18. The molecule has 1 rings (SSSR count). The molecule has 1 heterocycles. The zero-order valence-electron chi connectivity index (χ0n) is 11.5. The molecular weight excluding hydrogens is 252 g/mol. The van der Waals surface area contributed by atoms with Crippen LogP contribution in [0.15, 0.2) is 0 Å². The number of hydrogen-bond acceptors (Lipinski definition) is 5. The summed E-state index contributed by atoms with van der Waals surface area (Å²) in [6, 6.07) is 0. The van der Waals surface area contributed by atoms with E-state index in [9.17, 15) is 9.59 Å². The van der Waals surface area contributed by atoms with Gasteiger partial charge in [-0.2, -0.15) is 0 Å². The molecule has 0 spiro atoms. The quantitative estimate of drug-likeness (QED) is 0.836. The number of nitrogens with one attached hydrogen (secondary N) is 1. The summed E-state index contributed by atoms with van der Waals surface area (Å²) in [5, 5.41) is 2.39. The molecule has 0 atom stereocenters. The predicted octanol–water partition coefficient (Wildman–Crippen LogP) is 2.17. The van der Waals surface area contributed by atoms with E-state index in [1.807, 2.05) is 25.8 Å². The van der Waals surface area contributed by atoms with Crippen LogP contribution in [0.4, 0.5) is 4.79 Å². The minimum absolute atomic E-state index is 0.161. The summed E-state index contributed by atoms with van der Waals surface area (Å²) < 4.78 is 5.18. The Kier molecular flexibility index (Phi) is 5.47. The van der Waals surface area contributed by atoms with Gasteiger partial charge in [-0.25, -0.2) is 9.80 Å². The third-order valence-corrected chi connectivity index (χ3v) is 3.56. The Morgan fingerprint density at radius 1 is 1.28 bits per heavy atom. The van der Waals surface area contributed by atoms with Crippen molar-refractivity contribution in [1.82, 2.24) is 10.4 Å². The molecule has 0 unspecified atom stereocenters. The van der Waals surface area contributed by atoms with Crippen LogP contribution in [0.3, 0.4) is 0 Å². The molecule has 1 fully saturated rings. The lowest BCUT2D eigenvalue weighted by Crippen LogP contribution is -2.48. The van der Waals surface area contributed by atoms with Gasteiger partial charge in [-0.3, -0.25) is 10.2 Å². The van der Waals surface area contributed by atoms with E-state index in [-0.39, 0.29) is 5.12 Å². The van der Waals surface area contributed by atoms with Crippen LogP contribution in [0.1, 0.15) is 40.5 Å². The Hall–Kier alpha value is -0.750. The highest BCUT2D eigenvalue weighted by atomic mass is 32.2. The van der Waals surface area contributed by atoms with E-state index in [2.05, 4.69) is 5.43 Å². The van der Waals surface area contributed by atoms with Gasteiger partial charge in [0, 0.05) is 25.3 Å². The average Bonchev–Trinajstić information content (AvgIpc) is 2.17. The summed E-state index contributed by atoms with van der Waals surface area (Å²) in [6.07, 6.45) is 1.39. The SMILES string of the molecule is CC(=O)SC1CCN(NC(=O)OC(C)(C)C)CC1. The first-order chi connectivity index (χ1) is 8.26. The minimum atomic E-state index is -0.479. The second-order valence-corrected chi connectivity index (χ2v) is 6.89. The Morgan fingerprint density at radius 2 is 1.83 bits per heavy atom. The lowest BCUT2D eigenvalue weighted by atomic mass is 10.1. The fourth-order valence-electron chi connectivity index (χ4n) is 1.75. The van der Waals surface area contributed by atoms with Gasteiger partial charge in [0.2, 0.25) is 0 Å². The highest BCUT2D eigenvalue weighted by Crippen LogP contribution is 2.23.